The number of aliphatic hydroxyl groups is 7. The first-order valence-electron chi connectivity index (χ1n) is 13.2. The summed E-state index contributed by atoms with van der Waals surface area (Å²) in [5.74, 6) is -0.809. The molecule has 1 amide bonds. The Morgan fingerprint density at radius 1 is 0.800 bits per heavy atom. The van der Waals surface area contributed by atoms with Crippen molar-refractivity contribution < 1.29 is 54.8 Å². The van der Waals surface area contributed by atoms with Gasteiger partial charge in [0.1, 0.15) is 42.4 Å². The van der Waals surface area contributed by atoms with Gasteiger partial charge in [0.05, 0.1) is 31.8 Å². The van der Waals surface area contributed by atoms with Crippen LogP contribution in [0.5, 0.6) is 5.75 Å². The lowest BCUT2D eigenvalue weighted by atomic mass is 9.81. The van der Waals surface area contributed by atoms with Crippen LogP contribution in [0.4, 0.5) is 0 Å². The van der Waals surface area contributed by atoms with Crippen LogP contribution in [0.25, 0.3) is 11.1 Å². The van der Waals surface area contributed by atoms with Crippen LogP contribution in [0.15, 0.2) is 48.5 Å². The highest BCUT2D eigenvalue weighted by Gasteiger charge is 2.50. The van der Waals surface area contributed by atoms with Gasteiger partial charge in [-0.3, -0.25) is 4.79 Å². The van der Waals surface area contributed by atoms with Crippen LogP contribution in [0.1, 0.15) is 12.0 Å². The molecular weight excluding hydrogens is 526 g/mol. The van der Waals surface area contributed by atoms with Crippen molar-refractivity contribution >= 4 is 5.91 Å². The van der Waals surface area contributed by atoms with Gasteiger partial charge in [-0.1, -0.05) is 36.4 Å². The number of hydrogen-bond acceptors (Lipinski definition) is 11. The molecule has 40 heavy (non-hydrogen) atoms. The van der Waals surface area contributed by atoms with Crippen LogP contribution in [0.2, 0.25) is 0 Å². The van der Waals surface area contributed by atoms with Crippen molar-refractivity contribution in [2.45, 2.75) is 68.0 Å². The van der Waals surface area contributed by atoms with E-state index < -0.39 is 74.3 Å². The lowest BCUT2D eigenvalue weighted by Crippen LogP contribution is -2.62. The summed E-state index contributed by atoms with van der Waals surface area (Å²) in [6, 6.07) is 14.4. The zero-order chi connectivity index (χ0) is 29.0. The summed E-state index contributed by atoms with van der Waals surface area (Å²) in [6.07, 6.45) is -12.2. The number of carbonyl (C=O) groups excluding carboxylic acids is 1. The third-order valence-corrected chi connectivity index (χ3v) is 7.51. The van der Waals surface area contributed by atoms with Gasteiger partial charge in [0.25, 0.3) is 0 Å². The number of carbonyl (C=O) groups is 1. The zero-order valence-electron chi connectivity index (χ0n) is 22.0. The summed E-state index contributed by atoms with van der Waals surface area (Å²) >= 11 is 0. The highest BCUT2D eigenvalue weighted by atomic mass is 16.7. The molecule has 0 spiro atoms. The lowest BCUT2D eigenvalue weighted by molar-refractivity contribution is -0.278. The molecule has 2 fully saturated rings. The van der Waals surface area contributed by atoms with Crippen molar-refractivity contribution in [1.82, 2.24) is 5.32 Å². The van der Waals surface area contributed by atoms with E-state index >= 15 is 0 Å². The van der Waals surface area contributed by atoms with Gasteiger partial charge in [0.2, 0.25) is 12.2 Å². The van der Waals surface area contributed by atoms with Crippen LogP contribution < -0.4 is 10.1 Å². The van der Waals surface area contributed by atoms with Gasteiger partial charge in [-0.25, -0.2) is 0 Å². The Morgan fingerprint density at radius 3 is 2.10 bits per heavy atom. The number of ether oxygens (including phenoxy) is 3. The second-order valence-electron chi connectivity index (χ2n) is 10.2. The molecule has 8 N–H and O–H groups in total. The van der Waals surface area contributed by atoms with Crippen LogP contribution >= 0.6 is 0 Å². The topological polar surface area (TPSA) is 198 Å². The number of likely N-dealkylation sites (N-methyl/N-ethyl adjacent to an activating group) is 1. The van der Waals surface area contributed by atoms with Gasteiger partial charge in [-0.2, -0.15) is 0 Å². The van der Waals surface area contributed by atoms with E-state index in [9.17, 15) is 40.5 Å². The summed E-state index contributed by atoms with van der Waals surface area (Å²) < 4.78 is 17.2. The highest BCUT2D eigenvalue weighted by Crippen LogP contribution is 2.35. The van der Waals surface area contributed by atoms with Crippen molar-refractivity contribution in [2.75, 3.05) is 20.3 Å². The van der Waals surface area contributed by atoms with E-state index in [1.165, 1.54) is 0 Å². The van der Waals surface area contributed by atoms with Crippen LogP contribution in [-0.4, -0.2) is 117 Å². The average molecular weight is 564 g/mol. The fourth-order valence-corrected chi connectivity index (χ4v) is 5.20. The molecule has 12 nitrogen and oxygen atoms in total. The summed E-state index contributed by atoms with van der Waals surface area (Å²) in [4.78, 5) is 11.8. The van der Waals surface area contributed by atoms with E-state index in [2.05, 4.69) is 5.32 Å². The normalized spacial score (nSPS) is 34.3. The Labute approximate surface area is 231 Å². The molecule has 2 saturated heterocycles. The molecule has 0 aliphatic carbocycles. The SMILES string of the molecule is CNC(=O)Cc1cccc(-c2cccc(O[C@H]3O[C@H](CO)[C@@H](O)[C@@H](C[C@H]4O[C@H](CO)[C@@H](O)[C@H](O)[C@H]4O)[C@@H]3O)c2)c1. The predicted molar refractivity (Wildman–Crippen MR) is 140 cm³/mol. The Morgan fingerprint density at radius 2 is 1.43 bits per heavy atom. The molecule has 0 bridgehead atoms. The maximum atomic E-state index is 11.8. The molecule has 220 valence electrons. The van der Waals surface area contributed by atoms with E-state index in [0.29, 0.717) is 5.75 Å². The maximum absolute atomic E-state index is 11.8. The quantitative estimate of drug-likeness (QED) is 0.173. The third kappa shape index (κ3) is 6.62. The van der Waals surface area contributed by atoms with Crippen molar-refractivity contribution in [2.24, 2.45) is 5.92 Å². The van der Waals surface area contributed by atoms with Gasteiger partial charge in [-0.05, 0) is 35.2 Å². The average Bonchev–Trinajstić information content (AvgIpc) is 2.96. The standard InChI is InChI=1S/C28H37NO11/c1-29-22(32)9-14-4-2-5-15(8-14)16-6-3-7-17(10-16)38-28-24(34)18(23(33)20(12-30)40-28)11-19-25(35)27(37)26(36)21(13-31)39-19/h2-8,10,18-21,23-28,30-31,33-37H,9,11-13H2,1H3,(H,29,32)/t18-,19-,20-,21-,23+,24+,25+,26-,27-,28+/m1/s1. The third-order valence-electron chi connectivity index (χ3n) is 7.51. The molecule has 2 heterocycles. The largest absolute Gasteiger partial charge is 0.462 e. The fourth-order valence-electron chi connectivity index (χ4n) is 5.20. The number of rotatable bonds is 9. The lowest BCUT2D eigenvalue weighted by Gasteiger charge is -2.46. The van der Waals surface area contributed by atoms with Crippen LogP contribution in [0.3, 0.4) is 0 Å². The Hall–Kier alpha value is -2.65. The molecule has 2 aromatic rings. The number of benzene rings is 2. The summed E-state index contributed by atoms with van der Waals surface area (Å²) in [6.45, 7) is -1.20. The number of hydrogen-bond donors (Lipinski definition) is 8. The molecule has 4 rings (SSSR count). The number of nitrogens with one attached hydrogen (secondary N) is 1. The molecule has 0 radical (unpaired) electrons. The highest BCUT2D eigenvalue weighted by molar-refractivity contribution is 5.79. The van der Waals surface area contributed by atoms with Crippen molar-refractivity contribution in [3.05, 3.63) is 54.1 Å². The molecule has 2 aliphatic rings. The Balaban J connectivity index is 1.51. The van der Waals surface area contributed by atoms with E-state index in [4.69, 9.17) is 14.2 Å². The minimum absolute atomic E-state index is 0.114. The summed E-state index contributed by atoms with van der Waals surface area (Å²) in [7, 11) is 1.57. The maximum Gasteiger partial charge on any atom is 0.226 e. The molecule has 0 aromatic heterocycles. The van der Waals surface area contributed by atoms with Crippen LogP contribution in [0, 0.1) is 5.92 Å². The molecule has 12 heteroatoms. The first-order valence-corrected chi connectivity index (χ1v) is 13.2. The number of aliphatic hydroxyl groups excluding tert-OH is 7. The molecule has 2 aromatic carbocycles. The van der Waals surface area contributed by atoms with Gasteiger partial charge >= 0.3 is 0 Å². The van der Waals surface area contributed by atoms with Gasteiger partial charge < -0.3 is 55.3 Å². The predicted octanol–water partition coefficient (Wildman–Crippen LogP) is -1.69. The first kappa shape index (κ1) is 30.3. The van der Waals surface area contributed by atoms with Crippen molar-refractivity contribution in [3.8, 4) is 16.9 Å². The van der Waals surface area contributed by atoms with Gasteiger partial charge in [0.15, 0.2) is 0 Å². The summed E-state index contributed by atoms with van der Waals surface area (Å²) in [5.41, 5.74) is 2.43. The van der Waals surface area contributed by atoms with E-state index in [-0.39, 0.29) is 18.7 Å². The zero-order valence-corrected chi connectivity index (χ0v) is 22.0. The Bertz CT molecular complexity index is 1130. The fraction of sp³-hybridized carbons (Fsp3) is 0.536. The molecule has 0 unspecified atom stereocenters. The second kappa shape index (κ2) is 13.3. The molecular formula is C28H37NO11. The second-order valence-corrected chi connectivity index (χ2v) is 10.2. The first-order chi connectivity index (χ1) is 19.2. The smallest absolute Gasteiger partial charge is 0.226 e. The van der Waals surface area contributed by atoms with E-state index in [1.807, 2.05) is 30.3 Å². The molecule has 2 aliphatic heterocycles. The minimum atomic E-state index is -1.61. The molecule has 0 saturated carbocycles. The van der Waals surface area contributed by atoms with E-state index in [0.717, 1.165) is 16.7 Å². The van der Waals surface area contributed by atoms with Gasteiger partial charge in [0, 0.05) is 13.0 Å². The monoisotopic (exact) mass is 563 g/mol. The van der Waals surface area contributed by atoms with Crippen molar-refractivity contribution in [3.63, 3.8) is 0 Å². The van der Waals surface area contributed by atoms with Crippen molar-refractivity contribution in [1.29, 1.82) is 0 Å². The Kier molecular flexibility index (Phi) is 10.1. The van der Waals surface area contributed by atoms with Gasteiger partial charge in [-0.15, -0.1) is 0 Å². The minimum Gasteiger partial charge on any atom is -0.462 e. The van der Waals surface area contributed by atoms with Crippen LogP contribution in [-0.2, 0) is 20.7 Å². The summed E-state index contributed by atoms with van der Waals surface area (Å²) in [5, 5.41) is 74.5. The molecule has 10 atom stereocenters. The van der Waals surface area contributed by atoms with E-state index in [1.54, 1.807) is 25.2 Å². The number of amides is 1.